The molecule has 0 aromatic carbocycles. The molecular formula is C11H28OSi3. The first-order chi connectivity index (χ1) is 6.28. The van der Waals surface area contributed by atoms with Crippen molar-refractivity contribution >= 4 is 24.2 Å². The minimum Gasteiger partial charge on any atom is -0.518 e. The maximum Gasteiger partial charge on any atom is 0.121 e. The molecule has 0 saturated heterocycles. The Labute approximate surface area is 98.6 Å². The summed E-state index contributed by atoms with van der Waals surface area (Å²) in [5.74, 6) is 0. The van der Waals surface area contributed by atoms with Crippen LogP contribution in [0.5, 0.6) is 0 Å². The highest BCUT2D eigenvalue weighted by Gasteiger charge is 2.37. The van der Waals surface area contributed by atoms with Gasteiger partial charge in [0.1, 0.15) is 8.07 Å². The molecule has 0 saturated carbocycles. The first kappa shape index (κ1) is 15.2. The van der Waals surface area contributed by atoms with Crippen LogP contribution in [0.15, 0.2) is 10.2 Å². The van der Waals surface area contributed by atoms with Crippen LogP contribution in [0.25, 0.3) is 0 Å². The van der Waals surface area contributed by atoms with Crippen LogP contribution in [0.2, 0.25) is 58.9 Å². The summed E-state index contributed by atoms with van der Waals surface area (Å²) in [4.78, 5) is 1.49. The molecule has 0 aromatic rings. The van der Waals surface area contributed by atoms with Crippen LogP contribution in [0.3, 0.4) is 0 Å². The van der Waals surface area contributed by atoms with Gasteiger partial charge in [-0.2, -0.15) is 0 Å². The Hall–Kier alpha value is 0.191. The number of aliphatic hydroxyl groups excluding tert-OH is 1. The van der Waals surface area contributed by atoms with E-state index in [4.69, 9.17) is 0 Å². The molecule has 0 heterocycles. The number of hydrogen-bond donors (Lipinski definition) is 1. The van der Waals surface area contributed by atoms with Crippen molar-refractivity contribution in [1.29, 1.82) is 0 Å². The fraction of sp³-hybridized carbons (Fsp3) is 0.818. The van der Waals surface area contributed by atoms with E-state index in [2.05, 4.69) is 58.9 Å². The normalized spacial score (nSPS) is 13.9. The Kier molecular flexibility index (Phi) is 4.27. The van der Waals surface area contributed by atoms with Crippen LogP contribution in [0.4, 0.5) is 0 Å². The summed E-state index contributed by atoms with van der Waals surface area (Å²) in [5.41, 5.74) is 0. The van der Waals surface area contributed by atoms with Crippen LogP contribution in [0.1, 0.15) is 0 Å². The predicted octanol–water partition coefficient (Wildman–Crippen LogP) is 4.43. The summed E-state index contributed by atoms with van der Waals surface area (Å²) in [5, 5.41) is 11.3. The molecule has 4 heteroatoms. The van der Waals surface area contributed by atoms with Gasteiger partial charge in [-0.25, -0.2) is 0 Å². The topological polar surface area (TPSA) is 20.2 Å². The smallest absolute Gasteiger partial charge is 0.121 e. The van der Waals surface area contributed by atoms with Gasteiger partial charge in [-0.05, 0) is 0 Å². The molecule has 0 spiro atoms. The van der Waals surface area contributed by atoms with Crippen molar-refractivity contribution in [3.8, 4) is 0 Å². The van der Waals surface area contributed by atoms with Crippen molar-refractivity contribution in [1.82, 2.24) is 0 Å². The van der Waals surface area contributed by atoms with E-state index in [1.54, 1.807) is 0 Å². The Morgan fingerprint density at radius 2 is 0.867 bits per heavy atom. The number of rotatable bonds is 3. The van der Waals surface area contributed by atoms with Gasteiger partial charge >= 0.3 is 0 Å². The van der Waals surface area contributed by atoms with Crippen molar-refractivity contribution in [2.24, 2.45) is 0 Å². The third-order valence-electron chi connectivity index (χ3n) is 2.45. The van der Waals surface area contributed by atoms with Crippen LogP contribution < -0.4 is 0 Å². The SMILES string of the molecule is C[Si](C)(C)C(O)=C([Si](C)(C)C)[Si](C)(C)C. The molecule has 15 heavy (non-hydrogen) atoms. The van der Waals surface area contributed by atoms with Crippen LogP contribution in [-0.2, 0) is 0 Å². The van der Waals surface area contributed by atoms with E-state index in [1.807, 2.05) is 0 Å². The van der Waals surface area contributed by atoms with E-state index in [9.17, 15) is 5.11 Å². The molecule has 0 unspecified atom stereocenters. The fourth-order valence-corrected chi connectivity index (χ4v) is 17.9. The van der Waals surface area contributed by atoms with E-state index in [0.29, 0.717) is 0 Å². The van der Waals surface area contributed by atoms with Crippen molar-refractivity contribution in [2.75, 3.05) is 0 Å². The quantitative estimate of drug-likeness (QED) is 0.588. The molecule has 1 nitrogen and oxygen atoms in total. The molecule has 0 aliphatic heterocycles. The average molecular weight is 261 g/mol. The van der Waals surface area contributed by atoms with E-state index >= 15 is 0 Å². The van der Waals surface area contributed by atoms with Crippen molar-refractivity contribution in [3.05, 3.63) is 10.2 Å². The van der Waals surface area contributed by atoms with Gasteiger partial charge in [0.25, 0.3) is 0 Å². The molecule has 0 aromatic heterocycles. The molecule has 0 atom stereocenters. The first-order valence-electron chi connectivity index (χ1n) is 5.72. The molecule has 1 N–H and O–H groups in total. The van der Waals surface area contributed by atoms with E-state index in [0.717, 1.165) is 5.38 Å². The summed E-state index contributed by atoms with van der Waals surface area (Å²) in [6.07, 6.45) is 0. The molecule has 0 aliphatic carbocycles. The van der Waals surface area contributed by atoms with Gasteiger partial charge in [0, 0.05) is 0 Å². The van der Waals surface area contributed by atoms with Gasteiger partial charge < -0.3 is 5.11 Å². The van der Waals surface area contributed by atoms with E-state index in [1.165, 1.54) is 4.82 Å². The van der Waals surface area contributed by atoms with Gasteiger partial charge in [-0.3, -0.25) is 0 Å². The maximum atomic E-state index is 10.5. The lowest BCUT2D eigenvalue weighted by Gasteiger charge is -2.35. The Bertz CT molecular complexity index is 245. The number of hydrogen-bond acceptors (Lipinski definition) is 1. The summed E-state index contributed by atoms with van der Waals surface area (Å²) >= 11 is 0. The zero-order chi connectivity index (χ0) is 12.7. The van der Waals surface area contributed by atoms with Crippen molar-refractivity contribution in [3.63, 3.8) is 0 Å². The molecule has 90 valence electrons. The second kappa shape index (κ2) is 4.22. The van der Waals surface area contributed by atoms with Gasteiger partial charge in [0.05, 0.1) is 21.5 Å². The molecule has 0 fully saturated rings. The fourth-order valence-electron chi connectivity index (χ4n) is 2.21. The van der Waals surface area contributed by atoms with Crippen LogP contribution >= 0.6 is 0 Å². The molecule has 0 rings (SSSR count). The zero-order valence-electron chi connectivity index (χ0n) is 11.9. The van der Waals surface area contributed by atoms with Gasteiger partial charge in [0.2, 0.25) is 0 Å². The van der Waals surface area contributed by atoms with Crippen molar-refractivity contribution < 1.29 is 5.11 Å². The second-order valence-corrected chi connectivity index (χ2v) is 22.9. The Morgan fingerprint density at radius 1 is 0.600 bits per heavy atom. The monoisotopic (exact) mass is 260 g/mol. The highest BCUT2D eigenvalue weighted by molar-refractivity contribution is 7.06. The Morgan fingerprint density at radius 3 is 0.933 bits per heavy atom. The number of aliphatic hydroxyl groups is 1. The molecule has 0 amide bonds. The lowest BCUT2D eigenvalue weighted by Crippen LogP contribution is -2.44. The summed E-state index contributed by atoms with van der Waals surface area (Å²) in [7, 11) is -4.28. The third kappa shape index (κ3) is 4.28. The largest absolute Gasteiger partial charge is 0.518 e. The predicted molar refractivity (Wildman–Crippen MR) is 79.7 cm³/mol. The minimum atomic E-state index is -1.54. The average Bonchev–Trinajstić information content (AvgIpc) is 1.76. The lowest BCUT2D eigenvalue weighted by atomic mass is 11.1. The second-order valence-electron chi connectivity index (χ2n) is 7.47. The van der Waals surface area contributed by atoms with Crippen molar-refractivity contribution in [2.45, 2.75) is 58.9 Å². The summed E-state index contributed by atoms with van der Waals surface area (Å²) < 4.78 is 0. The lowest BCUT2D eigenvalue weighted by molar-refractivity contribution is 0.443. The van der Waals surface area contributed by atoms with E-state index < -0.39 is 24.2 Å². The molecule has 0 radical (unpaired) electrons. The van der Waals surface area contributed by atoms with Gasteiger partial charge in [0.15, 0.2) is 0 Å². The third-order valence-corrected chi connectivity index (χ3v) is 12.6. The Balaban J connectivity index is 5.71. The van der Waals surface area contributed by atoms with Gasteiger partial charge in [-0.15, -0.1) is 0 Å². The maximum absolute atomic E-state index is 10.5. The molecular weight excluding hydrogens is 232 g/mol. The van der Waals surface area contributed by atoms with Crippen LogP contribution in [-0.4, -0.2) is 29.3 Å². The standard InChI is InChI=1S/C11H28OSi3/c1-13(2,3)10(12)11(14(4,5)6)15(7,8)9/h12H,1-9H3. The summed E-state index contributed by atoms with van der Waals surface area (Å²) in [6, 6.07) is 0. The highest BCUT2D eigenvalue weighted by Crippen LogP contribution is 2.31. The summed E-state index contributed by atoms with van der Waals surface area (Å²) in [6.45, 7) is 20.9. The van der Waals surface area contributed by atoms with E-state index in [-0.39, 0.29) is 0 Å². The minimum absolute atomic E-state index is 0.806. The first-order valence-corrected chi connectivity index (χ1v) is 16.2. The molecule has 0 aliphatic rings. The molecule has 0 bridgehead atoms. The van der Waals surface area contributed by atoms with Gasteiger partial charge in [-0.1, -0.05) is 63.7 Å². The highest BCUT2D eigenvalue weighted by atomic mass is 28.4. The van der Waals surface area contributed by atoms with Crippen LogP contribution in [0, 0.1) is 0 Å². The zero-order valence-corrected chi connectivity index (χ0v) is 14.9.